The number of benzene rings is 1. The average Bonchev–Trinajstić information content (AvgIpc) is 2.40. The lowest BCUT2D eigenvalue weighted by Crippen LogP contribution is -2.34. The number of nitrogens with two attached hydrogens (primary N) is 1. The minimum atomic E-state index is -0.905. The Kier molecular flexibility index (Phi) is 4.30. The zero-order valence-electron chi connectivity index (χ0n) is 11.4. The molecule has 19 heavy (non-hydrogen) atoms. The van der Waals surface area contributed by atoms with E-state index in [-0.39, 0.29) is 0 Å². The summed E-state index contributed by atoms with van der Waals surface area (Å²) in [5.41, 5.74) is 7.29. The van der Waals surface area contributed by atoms with Gasteiger partial charge in [-0.05, 0) is 37.0 Å². The molecule has 0 unspecified atom stereocenters. The Morgan fingerprint density at radius 1 is 1.42 bits per heavy atom. The van der Waals surface area contributed by atoms with Crippen molar-refractivity contribution in [2.45, 2.75) is 32.6 Å². The van der Waals surface area contributed by atoms with Crippen molar-refractivity contribution in [3.63, 3.8) is 0 Å². The van der Waals surface area contributed by atoms with E-state index < -0.39 is 5.97 Å². The van der Waals surface area contributed by atoms with Gasteiger partial charge in [-0.2, -0.15) is 0 Å². The number of carbonyl (C=O) groups is 1. The molecule has 1 aromatic rings. The van der Waals surface area contributed by atoms with Crippen LogP contribution < -0.4 is 10.6 Å². The van der Waals surface area contributed by atoms with Gasteiger partial charge in [-0.25, -0.2) is 4.79 Å². The number of nitrogen functional groups attached to an aromatic ring is 1. The Labute approximate surface area is 114 Å². The Bertz CT molecular complexity index is 451. The molecule has 0 saturated carbocycles. The van der Waals surface area contributed by atoms with E-state index in [2.05, 4.69) is 11.8 Å². The van der Waals surface area contributed by atoms with Crippen molar-refractivity contribution in [1.82, 2.24) is 0 Å². The van der Waals surface area contributed by atoms with E-state index in [4.69, 9.17) is 5.73 Å². The molecule has 4 heteroatoms. The predicted molar refractivity (Wildman–Crippen MR) is 77.7 cm³/mol. The van der Waals surface area contributed by atoms with Crippen LogP contribution in [0.15, 0.2) is 18.2 Å². The molecule has 0 bridgehead atoms. The van der Waals surface area contributed by atoms with Crippen molar-refractivity contribution in [3.05, 3.63) is 23.8 Å². The van der Waals surface area contributed by atoms with Crippen LogP contribution in [-0.2, 0) is 0 Å². The third-order valence-corrected chi connectivity index (χ3v) is 3.90. The van der Waals surface area contributed by atoms with Crippen LogP contribution in [-0.4, -0.2) is 24.2 Å². The van der Waals surface area contributed by atoms with Gasteiger partial charge in [-0.15, -0.1) is 0 Å². The van der Waals surface area contributed by atoms with Crippen LogP contribution in [0.1, 0.15) is 43.0 Å². The number of carboxylic acids is 1. The van der Waals surface area contributed by atoms with E-state index in [0.29, 0.717) is 11.3 Å². The molecule has 0 amide bonds. The summed E-state index contributed by atoms with van der Waals surface area (Å²) in [6.07, 6.45) is 4.81. The molecule has 1 aliphatic heterocycles. The molecular formula is C15H22N2O2. The van der Waals surface area contributed by atoms with Gasteiger partial charge in [-0.1, -0.05) is 19.8 Å². The Balaban J connectivity index is 2.13. The molecule has 1 aromatic carbocycles. The standard InChI is InChI=1S/C15H22N2O2/c1-2-3-11-6-8-17(9-7-11)14-5-4-12(16)10-13(14)15(18)19/h4-5,10-11H,2-3,6-9,16H2,1H3,(H,18,19). The fourth-order valence-electron chi connectivity index (χ4n) is 2.87. The van der Waals surface area contributed by atoms with E-state index in [9.17, 15) is 9.90 Å². The van der Waals surface area contributed by atoms with Crippen molar-refractivity contribution < 1.29 is 9.90 Å². The van der Waals surface area contributed by atoms with E-state index in [0.717, 1.165) is 37.5 Å². The lowest BCUT2D eigenvalue weighted by Gasteiger charge is -2.34. The number of rotatable bonds is 4. The third kappa shape index (κ3) is 3.19. The fraction of sp³-hybridized carbons (Fsp3) is 0.533. The predicted octanol–water partition coefficient (Wildman–Crippen LogP) is 2.98. The zero-order valence-corrected chi connectivity index (χ0v) is 11.4. The highest BCUT2D eigenvalue weighted by Crippen LogP contribution is 2.29. The van der Waals surface area contributed by atoms with Gasteiger partial charge in [0.2, 0.25) is 0 Å². The molecule has 0 aliphatic carbocycles. The van der Waals surface area contributed by atoms with Crippen LogP contribution in [0.4, 0.5) is 11.4 Å². The van der Waals surface area contributed by atoms with Crippen LogP contribution in [0, 0.1) is 5.92 Å². The molecule has 1 fully saturated rings. The van der Waals surface area contributed by atoms with Gasteiger partial charge in [0, 0.05) is 18.8 Å². The minimum absolute atomic E-state index is 0.314. The molecule has 4 nitrogen and oxygen atoms in total. The number of carboxylic acid groups (broad SMARTS) is 1. The average molecular weight is 262 g/mol. The summed E-state index contributed by atoms with van der Waals surface area (Å²) in [5, 5.41) is 9.27. The highest BCUT2D eigenvalue weighted by molar-refractivity contribution is 5.95. The summed E-state index contributed by atoms with van der Waals surface area (Å²) in [5.74, 6) is -0.110. The summed E-state index contributed by atoms with van der Waals surface area (Å²) in [4.78, 5) is 13.5. The topological polar surface area (TPSA) is 66.6 Å². The SMILES string of the molecule is CCCC1CCN(c2ccc(N)cc2C(=O)O)CC1. The summed E-state index contributed by atoms with van der Waals surface area (Å²) in [6, 6.07) is 5.16. The van der Waals surface area contributed by atoms with Gasteiger partial charge < -0.3 is 15.7 Å². The van der Waals surface area contributed by atoms with Gasteiger partial charge in [-0.3, -0.25) is 0 Å². The maximum Gasteiger partial charge on any atom is 0.337 e. The maximum atomic E-state index is 11.3. The van der Waals surface area contributed by atoms with Gasteiger partial charge in [0.05, 0.1) is 11.3 Å². The first-order valence-corrected chi connectivity index (χ1v) is 6.99. The van der Waals surface area contributed by atoms with Crippen molar-refractivity contribution >= 4 is 17.3 Å². The van der Waals surface area contributed by atoms with E-state index in [1.165, 1.54) is 12.8 Å². The smallest absolute Gasteiger partial charge is 0.337 e. The molecule has 0 spiro atoms. The first kappa shape index (κ1) is 13.7. The molecule has 0 radical (unpaired) electrons. The molecule has 1 saturated heterocycles. The van der Waals surface area contributed by atoms with Crippen LogP contribution in [0.5, 0.6) is 0 Å². The molecule has 0 atom stereocenters. The van der Waals surface area contributed by atoms with Crippen molar-refractivity contribution in [3.8, 4) is 0 Å². The summed E-state index contributed by atoms with van der Waals surface area (Å²) >= 11 is 0. The number of hydrogen-bond acceptors (Lipinski definition) is 3. The lowest BCUT2D eigenvalue weighted by atomic mass is 9.92. The van der Waals surface area contributed by atoms with Crippen molar-refractivity contribution in [1.29, 1.82) is 0 Å². The second-order valence-electron chi connectivity index (χ2n) is 5.30. The number of aromatic carboxylic acids is 1. The maximum absolute atomic E-state index is 11.3. The van der Waals surface area contributed by atoms with Crippen LogP contribution in [0.25, 0.3) is 0 Å². The van der Waals surface area contributed by atoms with Crippen LogP contribution >= 0.6 is 0 Å². The molecule has 1 aliphatic rings. The molecular weight excluding hydrogens is 240 g/mol. The molecule has 1 heterocycles. The van der Waals surface area contributed by atoms with Crippen molar-refractivity contribution in [2.24, 2.45) is 5.92 Å². The number of anilines is 2. The first-order valence-electron chi connectivity index (χ1n) is 6.99. The van der Waals surface area contributed by atoms with Gasteiger partial charge in [0.25, 0.3) is 0 Å². The molecule has 104 valence electrons. The Morgan fingerprint density at radius 3 is 2.68 bits per heavy atom. The minimum Gasteiger partial charge on any atom is -0.478 e. The second-order valence-corrected chi connectivity index (χ2v) is 5.30. The Morgan fingerprint density at radius 2 is 2.11 bits per heavy atom. The second kappa shape index (κ2) is 5.95. The monoisotopic (exact) mass is 262 g/mol. The summed E-state index contributed by atoms with van der Waals surface area (Å²) < 4.78 is 0. The largest absolute Gasteiger partial charge is 0.478 e. The fourth-order valence-corrected chi connectivity index (χ4v) is 2.87. The first-order chi connectivity index (χ1) is 9.11. The quantitative estimate of drug-likeness (QED) is 0.819. The number of piperidine rings is 1. The molecule has 0 aromatic heterocycles. The van der Waals surface area contributed by atoms with Gasteiger partial charge >= 0.3 is 5.97 Å². The van der Waals surface area contributed by atoms with E-state index in [1.807, 2.05) is 6.07 Å². The summed E-state index contributed by atoms with van der Waals surface area (Å²) in [6.45, 7) is 4.10. The van der Waals surface area contributed by atoms with Crippen LogP contribution in [0.2, 0.25) is 0 Å². The summed E-state index contributed by atoms with van der Waals surface area (Å²) in [7, 11) is 0. The highest BCUT2D eigenvalue weighted by Gasteiger charge is 2.22. The highest BCUT2D eigenvalue weighted by atomic mass is 16.4. The number of hydrogen-bond donors (Lipinski definition) is 2. The van der Waals surface area contributed by atoms with E-state index in [1.54, 1.807) is 12.1 Å². The third-order valence-electron chi connectivity index (χ3n) is 3.90. The van der Waals surface area contributed by atoms with E-state index >= 15 is 0 Å². The normalized spacial score (nSPS) is 16.6. The van der Waals surface area contributed by atoms with Gasteiger partial charge in [0.15, 0.2) is 0 Å². The molecule has 2 rings (SSSR count). The molecule has 3 N–H and O–H groups in total. The van der Waals surface area contributed by atoms with Crippen LogP contribution in [0.3, 0.4) is 0 Å². The Hall–Kier alpha value is -1.71. The number of nitrogens with zero attached hydrogens (tertiary/aromatic N) is 1. The zero-order chi connectivity index (χ0) is 13.8. The van der Waals surface area contributed by atoms with Gasteiger partial charge in [0.1, 0.15) is 0 Å². The lowest BCUT2D eigenvalue weighted by molar-refractivity contribution is 0.0697. The van der Waals surface area contributed by atoms with Crippen molar-refractivity contribution in [2.75, 3.05) is 23.7 Å².